The van der Waals surface area contributed by atoms with Crippen molar-refractivity contribution < 1.29 is 10.2 Å². The van der Waals surface area contributed by atoms with Crippen LogP contribution in [0.3, 0.4) is 0 Å². The van der Waals surface area contributed by atoms with Gasteiger partial charge in [0.15, 0.2) is 0 Å². The number of aliphatic hydroxyl groups is 2. The van der Waals surface area contributed by atoms with E-state index >= 15 is 0 Å². The van der Waals surface area contributed by atoms with Gasteiger partial charge in [-0.15, -0.1) is 0 Å². The molecule has 0 aromatic heterocycles. The molecule has 0 aromatic rings. The fourth-order valence-corrected chi connectivity index (χ4v) is 2.56. The predicted octanol–water partition coefficient (Wildman–Crippen LogP) is 5.42. The quantitative estimate of drug-likeness (QED) is 0.271. The Bertz CT molecular complexity index is 299. The lowest BCUT2D eigenvalue weighted by Crippen LogP contribution is -2.24. The van der Waals surface area contributed by atoms with E-state index in [1.165, 1.54) is 64.2 Å². The highest BCUT2D eigenvalue weighted by Crippen LogP contribution is 2.16. The van der Waals surface area contributed by atoms with Crippen LogP contribution in [0.15, 0.2) is 0 Å². The zero-order valence-corrected chi connectivity index (χ0v) is 15.2. The van der Waals surface area contributed by atoms with Crippen molar-refractivity contribution in [3.8, 4) is 11.8 Å². The Morgan fingerprint density at radius 1 is 0.773 bits per heavy atom. The summed E-state index contributed by atoms with van der Waals surface area (Å²) in [5.41, 5.74) is 0. The van der Waals surface area contributed by atoms with Crippen LogP contribution < -0.4 is 0 Å². The summed E-state index contributed by atoms with van der Waals surface area (Å²) in [6.07, 6.45) is 15.8. The average Bonchev–Trinajstić information content (AvgIpc) is 2.52. The van der Waals surface area contributed by atoms with E-state index in [4.69, 9.17) is 0 Å². The maximum absolute atomic E-state index is 9.50. The summed E-state index contributed by atoms with van der Waals surface area (Å²) < 4.78 is 0. The molecular weight excluding hydrogens is 272 g/mol. The first kappa shape index (κ1) is 21.5. The lowest BCUT2D eigenvalue weighted by molar-refractivity contribution is -0.110. The third kappa shape index (κ3) is 13.2. The molecule has 0 bridgehead atoms. The molecule has 0 radical (unpaired) electrons. The van der Waals surface area contributed by atoms with Crippen LogP contribution in [0, 0.1) is 17.8 Å². The summed E-state index contributed by atoms with van der Waals surface area (Å²) in [5.74, 6) is 4.15. The van der Waals surface area contributed by atoms with Gasteiger partial charge in [-0.1, -0.05) is 90.9 Å². The van der Waals surface area contributed by atoms with E-state index in [0.29, 0.717) is 5.92 Å². The third-order valence-electron chi connectivity index (χ3n) is 4.37. The molecule has 0 saturated carbocycles. The Hall–Kier alpha value is -0.520. The highest BCUT2D eigenvalue weighted by Gasteiger charge is 2.15. The molecule has 0 fully saturated rings. The van der Waals surface area contributed by atoms with E-state index in [1.54, 1.807) is 6.92 Å². The summed E-state index contributed by atoms with van der Waals surface area (Å²) in [5, 5.41) is 19.0. The van der Waals surface area contributed by atoms with Crippen molar-refractivity contribution in [2.45, 2.75) is 110 Å². The standard InChI is InChI=1S/C20H38O2/c1-4-7-8-9-10-11-12-13-14-15-16-19(5-2)17-18-20(21,22)6-3/h19,21-22H,4-16H2,1-3H3. The minimum absolute atomic E-state index is 0.259. The van der Waals surface area contributed by atoms with E-state index in [2.05, 4.69) is 25.7 Å². The fourth-order valence-electron chi connectivity index (χ4n) is 2.56. The summed E-state index contributed by atoms with van der Waals surface area (Å²) >= 11 is 0. The van der Waals surface area contributed by atoms with Gasteiger partial charge in [0, 0.05) is 12.3 Å². The van der Waals surface area contributed by atoms with Gasteiger partial charge in [0.1, 0.15) is 0 Å². The summed E-state index contributed by atoms with van der Waals surface area (Å²) in [6.45, 7) is 6.12. The van der Waals surface area contributed by atoms with Crippen LogP contribution >= 0.6 is 0 Å². The monoisotopic (exact) mass is 310 g/mol. The van der Waals surface area contributed by atoms with Gasteiger partial charge < -0.3 is 10.2 Å². The molecule has 0 aliphatic carbocycles. The van der Waals surface area contributed by atoms with Gasteiger partial charge in [-0.25, -0.2) is 0 Å². The minimum atomic E-state index is -1.80. The molecule has 0 spiro atoms. The second kappa shape index (κ2) is 14.1. The Balaban J connectivity index is 3.59. The number of rotatable bonds is 13. The normalized spacial score (nSPS) is 12.8. The molecule has 1 unspecified atom stereocenters. The lowest BCUT2D eigenvalue weighted by atomic mass is 9.97. The molecule has 2 nitrogen and oxygen atoms in total. The average molecular weight is 311 g/mol. The number of hydrogen-bond donors (Lipinski definition) is 2. The maximum atomic E-state index is 9.50. The van der Waals surface area contributed by atoms with Crippen LogP contribution in [0.25, 0.3) is 0 Å². The van der Waals surface area contributed by atoms with Crippen molar-refractivity contribution in [2.75, 3.05) is 0 Å². The Labute approximate surface area is 138 Å². The number of unbranched alkanes of at least 4 members (excludes halogenated alkanes) is 9. The highest BCUT2D eigenvalue weighted by atomic mass is 16.5. The second-order valence-corrected chi connectivity index (χ2v) is 6.52. The van der Waals surface area contributed by atoms with Crippen molar-refractivity contribution in [2.24, 2.45) is 5.92 Å². The minimum Gasteiger partial charge on any atom is -0.356 e. The van der Waals surface area contributed by atoms with Crippen molar-refractivity contribution in [3.05, 3.63) is 0 Å². The lowest BCUT2D eigenvalue weighted by Gasteiger charge is -2.12. The van der Waals surface area contributed by atoms with Gasteiger partial charge in [-0.05, 0) is 18.8 Å². The van der Waals surface area contributed by atoms with Crippen LogP contribution in [0.1, 0.15) is 104 Å². The second-order valence-electron chi connectivity index (χ2n) is 6.52. The number of hydrogen-bond acceptors (Lipinski definition) is 2. The molecule has 1 atom stereocenters. The van der Waals surface area contributed by atoms with E-state index in [-0.39, 0.29) is 6.42 Å². The Morgan fingerprint density at radius 3 is 1.73 bits per heavy atom. The van der Waals surface area contributed by atoms with E-state index < -0.39 is 5.79 Å². The van der Waals surface area contributed by atoms with Crippen LogP contribution in [-0.4, -0.2) is 16.0 Å². The molecule has 2 N–H and O–H groups in total. The van der Waals surface area contributed by atoms with E-state index in [0.717, 1.165) is 12.8 Å². The Kier molecular flexibility index (Phi) is 13.8. The highest BCUT2D eigenvalue weighted by molar-refractivity contribution is 5.10. The van der Waals surface area contributed by atoms with Gasteiger partial charge in [-0.3, -0.25) is 0 Å². The van der Waals surface area contributed by atoms with Gasteiger partial charge in [0.2, 0.25) is 5.79 Å². The topological polar surface area (TPSA) is 40.5 Å². The molecule has 0 saturated heterocycles. The predicted molar refractivity (Wildman–Crippen MR) is 95.5 cm³/mol. The van der Waals surface area contributed by atoms with Gasteiger partial charge >= 0.3 is 0 Å². The first-order valence-corrected chi connectivity index (χ1v) is 9.53. The first-order valence-electron chi connectivity index (χ1n) is 9.53. The molecule has 0 aliphatic heterocycles. The molecule has 130 valence electrons. The molecule has 0 amide bonds. The summed E-state index contributed by atoms with van der Waals surface area (Å²) in [7, 11) is 0. The van der Waals surface area contributed by atoms with E-state index in [1.807, 2.05) is 0 Å². The maximum Gasteiger partial charge on any atom is 0.228 e. The fraction of sp³-hybridized carbons (Fsp3) is 0.900. The van der Waals surface area contributed by atoms with E-state index in [9.17, 15) is 10.2 Å². The molecule has 2 heteroatoms. The van der Waals surface area contributed by atoms with Crippen LogP contribution in [0.5, 0.6) is 0 Å². The van der Waals surface area contributed by atoms with Gasteiger partial charge in [0.05, 0.1) is 0 Å². The van der Waals surface area contributed by atoms with Crippen LogP contribution in [0.2, 0.25) is 0 Å². The summed E-state index contributed by atoms with van der Waals surface area (Å²) in [4.78, 5) is 0. The molecule has 0 rings (SSSR count). The third-order valence-corrected chi connectivity index (χ3v) is 4.37. The molecule has 22 heavy (non-hydrogen) atoms. The zero-order valence-electron chi connectivity index (χ0n) is 15.2. The molecule has 0 aromatic carbocycles. The van der Waals surface area contributed by atoms with Gasteiger partial charge in [-0.2, -0.15) is 0 Å². The zero-order chi connectivity index (χ0) is 16.7. The van der Waals surface area contributed by atoms with Crippen molar-refractivity contribution in [1.29, 1.82) is 0 Å². The van der Waals surface area contributed by atoms with Crippen molar-refractivity contribution >= 4 is 0 Å². The molecule has 0 aliphatic rings. The largest absolute Gasteiger partial charge is 0.356 e. The van der Waals surface area contributed by atoms with Crippen LogP contribution in [-0.2, 0) is 0 Å². The van der Waals surface area contributed by atoms with Crippen molar-refractivity contribution in [1.82, 2.24) is 0 Å². The smallest absolute Gasteiger partial charge is 0.228 e. The van der Waals surface area contributed by atoms with Crippen LogP contribution in [0.4, 0.5) is 0 Å². The molecule has 0 heterocycles. The molecular formula is C20H38O2. The van der Waals surface area contributed by atoms with Gasteiger partial charge in [0.25, 0.3) is 0 Å². The van der Waals surface area contributed by atoms with Crippen molar-refractivity contribution in [3.63, 3.8) is 0 Å². The Morgan fingerprint density at radius 2 is 1.27 bits per heavy atom. The first-order chi connectivity index (χ1) is 10.6. The summed E-state index contributed by atoms with van der Waals surface area (Å²) in [6, 6.07) is 0. The SMILES string of the molecule is CCCCCCCCCCCCC(C#CC(O)(O)CC)CC.